The van der Waals surface area contributed by atoms with Gasteiger partial charge in [-0.05, 0) is 110 Å². The SMILES string of the molecule is COC(=O)NCC(CNC(=O)OC)c1ccc(OC)c(OC2CC3CCC2C3)c1.COC(=O)NCC(CNC(=O)OC)c1ccc(OC)c(OC2CC3CCC2C3)c1. The van der Waals surface area contributed by atoms with Gasteiger partial charge in [-0.1, -0.05) is 12.1 Å². The van der Waals surface area contributed by atoms with Gasteiger partial charge in [0, 0.05) is 38.0 Å². The highest BCUT2D eigenvalue weighted by molar-refractivity contribution is 5.68. The standard InChI is InChI=1S/2C21H30N2O6/c2*1-26-17-7-6-14(10-19(17)29-18-9-13-4-5-15(18)8-13)16(11-22-20(24)27-2)12-23-21(25)28-3/h2*6-7,10,13,15-16,18H,4-5,8-9,11-12H2,1-3H3,(H,22,24)(H,23,25). The first-order valence-electron chi connectivity index (χ1n) is 20.0. The van der Waals surface area contributed by atoms with Crippen molar-refractivity contribution in [1.82, 2.24) is 21.3 Å². The molecule has 6 atom stereocenters. The van der Waals surface area contributed by atoms with Crippen LogP contribution in [-0.2, 0) is 18.9 Å². The van der Waals surface area contributed by atoms with Crippen LogP contribution >= 0.6 is 0 Å². The lowest BCUT2D eigenvalue weighted by atomic mass is 9.96. The minimum atomic E-state index is -0.528. The molecule has 0 radical (unpaired) electrons. The van der Waals surface area contributed by atoms with E-state index in [2.05, 4.69) is 40.2 Å². The number of hydrogen-bond acceptors (Lipinski definition) is 12. The monoisotopic (exact) mass is 812 g/mol. The van der Waals surface area contributed by atoms with Gasteiger partial charge in [0.25, 0.3) is 0 Å². The number of fused-ring (bicyclic) bond motifs is 4. The largest absolute Gasteiger partial charge is 0.493 e. The summed E-state index contributed by atoms with van der Waals surface area (Å²) in [5, 5.41) is 10.8. The summed E-state index contributed by atoms with van der Waals surface area (Å²) in [5.41, 5.74) is 1.83. The Kier molecular flexibility index (Phi) is 16.2. The van der Waals surface area contributed by atoms with Gasteiger partial charge in [-0.2, -0.15) is 0 Å². The zero-order chi connectivity index (χ0) is 41.6. The van der Waals surface area contributed by atoms with Crippen LogP contribution in [0.3, 0.4) is 0 Å². The summed E-state index contributed by atoms with van der Waals surface area (Å²) >= 11 is 0. The molecule has 4 bridgehead atoms. The summed E-state index contributed by atoms with van der Waals surface area (Å²) in [5.74, 6) is 5.16. The zero-order valence-electron chi connectivity index (χ0n) is 34.5. The minimum absolute atomic E-state index is 0.193. The Morgan fingerprint density at radius 2 is 0.845 bits per heavy atom. The number of carbonyl (C=O) groups is 4. The van der Waals surface area contributed by atoms with E-state index in [4.69, 9.17) is 18.9 Å². The second-order valence-electron chi connectivity index (χ2n) is 15.4. The number of rotatable bonds is 16. The fraction of sp³-hybridized carbons (Fsp3) is 0.619. The van der Waals surface area contributed by atoms with Crippen LogP contribution in [0.5, 0.6) is 23.0 Å². The van der Waals surface area contributed by atoms with Crippen LogP contribution in [0.2, 0.25) is 0 Å². The van der Waals surface area contributed by atoms with Crippen LogP contribution in [-0.4, -0.2) is 105 Å². The van der Waals surface area contributed by atoms with Gasteiger partial charge in [-0.15, -0.1) is 0 Å². The summed E-state index contributed by atoms with van der Waals surface area (Å²) in [7, 11) is 8.49. The number of benzene rings is 2. The molecular formula is C42H60N4O12. The van der Waals surface area contributed by atoms with Crippen molar-refractivity contribution in [1.29, 1.82) is 0 Å². The van der Waals surface area contributed by atoms with Crippen LogP contribution in [0.4, 0.5) is 19.2 Å². The molecule has 4 aliphatic carbocycles. The van der Waals surface area contributed by atoms with Crippen molar-refractivity contribution in [2.24, 2.45) is 23.7 Å². The molecule has 6 rings (SSSR count). The smallest absolute Gasteiger partial charge is 0.406 e. The first kappa shape index (κ1) is 43.8. The first-order valence-corrected chi connectivity index (χ1v) is 20.0. The van der Waals surface area contributed by atoms with Crippen LogP contribution < -0.4 is 40.2 Å². The Bertz CT molecular complexity index is 1530. The fourth-order valence-corrected chi connectivity index (χ4v) is 8.80. The normalized spacial score (nSPS) is 22.3. The van der Waals surface area contributed by atoms with Crippen molar-refractivity contribution in [3.05, 3.63) is 47.5 Å². The van der Waals surface area contributed by atoms with Gasteiger partial charge in [0.15, 0.2) is 23.0 Å². The molecule has 320 valence electrons. The molecule has 4 amide bonds. The molecule has 6 unspecified atom stereocenters. The van der Waals surface area contributed by atoms with Crippen LogP contribution in [0.25, 0.3) is 0 Å². The molecule has 2 aromatic rings. The van der Waals surface area contributed by atoms with Crippen molar-refractivity contribution in [2.45, 2.75) is 75.4 Å². The molecule has 4 fully saturated rings. The quantitative estimate of drug-likeness (QED) is 0.143. The van der Waals surface area contributed by atoms with E-state index in [1.54, 1.807) is 14.2 Å². The number of ether oxygens (including phenoxy) is 8. The van der Waals surface area contributed by atoms with E-state index in [1.165, 1.54) is 67.0 Å². The van der Waals surface area contributed by atoms with Crippen LogP contribution in [0.1, 0.15) is 74.3 Å². The van der Waals surface area contributed by atoms with Gasteiger partial charge in [0.2, 0.25) is 0 Å². The summed E-state index contributed by atoms with van der Waals surface area (Å²) < 4.78 is 42.3. The molecule has 58 heavy (non-hydrogen) atoms. The average Bonchev–Trinajstić information content (AvgIpc) is 4.08. The van der Waals surface area contributed by atoms with Crippen LogP contribution in [0, 0.1) is 23.7 Å². The molecule has 2 aromatic carbocycles. The topological polar surface area (TPSA) is 190 Å². The molecule has 4 N–H and O–H groups in total. The van der Waals surface area contributed by atoms with Crippen molar-refractivity contribution in [3.8, 4) is 23.0 Å². The third-order valence-corrected chi connectivity index (χ3v) is 11.9. The van der Waals surface area contributed by atoms with E-state index in [-0.39, 0.29) is 50.2 Å². The molecule has 4 saturated carbocycles. The average molecular weight is 813 g/mol. The lowest BCUT2D eigenvalue weighted by Crippen LogP contribution is -2.35. The van der Waals surface area contributed by atoms with Crippen molar-refractivity contribution in [2.75, 3.05) is 68.8 Å². The summed E-state index contributed by atoms with van der Waals surface area (Å²) in [6, 6.07) is 11.4. The van der Waals surface area contributed by atoms with E-state index in [9.17, 15) is 19.2 Å². The maximum atomic E-state index is 11.5. The van der Waals surface area contributed by atoms with E-state index in [1.807, 2.05) is 36.4 Å². The molecule has 16 nitrogen and oxygen atoms in total. The van der Waals surface area contributed by atoms with Crippen molar-refractivity contribution < 1.29 is 57.1 Å². The molecule has 0 spiro atoms. The molecular weight excluding hydrogens is 752 g/mol. The lowest BCUT2D eigenvalue weighted by Gasteiger charge is -2.25. The number of hydrogen-bond donors (Lipinski definition) is 4. The lowest BCUT2D eigenvalue weighted by molar-refractivity contribution is 0.133. The third-order valence-electron chi connectivity index (χ3n) is 11.9. The Labute approximate surface area is 340 Å². The Morgan fingerprint density at radius 3 is 1.10 bits per heavy atom. The number of amides is 4. The maximum Gasteiger partial charge on any atom is 0.406 e. The van der Waals surface area contributed by atoms with Gasteiger partial charge < -0.3 is 59.2 Å². The summed E-state index contributed by atoms with van der Waals surface area (Å²) in [4.78, 5) is 46.1. The fourth-order valence-electron chi connectivity index (χ4n) is 8.80. The molecule has 16 heteroatoms. The van der Waals surface area contributed by atoms with Gasteiger partial charge in [-0.25, -0.2) is 19.2 Å². The minimum Gasteiger partial charge on any atom is -0.493 e. The van der Waals surface area contributed by atoms with Crippen molar-refractivity contribution >= 4 is 24.4 Å². The number of methoxy groups -OCH3 is 6. The second kappa shape index (κ2) is 21.5. The molecule has 0 saturated heterocycles. The number of alkyl carbamates (subject to hydrolysis) is 4. The predicted octanol–water partition coefficient (Wildman–Crippen LogP) is 6.12. The Hall–Kier alpha value is -5.28. The van der Waals surface area contributed by atoms with E-state index < -0.39 is 24.4 Å². The van der Waals surface area contributed by atoms with E-state index >= 15 is 0 Å². The van der Waals surface area contributed by atoms with Gasteiger partial charge in [0.1, 0.15) is 12.2 Å². The van der Waals surface area contributed by atoms with Gasteiger partial charge >= 0.3 is 24.4 Å². The van der Waals surface area contributed by atoms with Crippen molar-refractivity contribution in [3.63, 3.8) is 0 Å². The highest BCUT2D eigenvalue weighted by atomic mass is 16.6. The predicted molar refractivity (Wildman–Crippen MR) is 213 cm³/mol. The van der Waals surface area contributed by atoms with Crippen LogP contribution in [0.15, 0.2) is 36.4 Å². The molecule has 0 aliphatic heterocycles. The highest BCUT2D eigenvalue weighted by Crippen LogP contribution is 2.48. The summed E-state index contributed by atoms with van der Waals surface area (Å²) in [6.45, 7) is 1.15. The maximum absolute atomic E-state index is 11.5. The Balaban J connectivity index is 0.000000221. The highest BCUT2D eigenvalue weighted by Gasteiger charge is 2.42. The van der Waals surface area contributed by atoms with Gasteiger partial charge in [0.05, 0.1) is 42.7 Å². The number of nitrogens with one attached hydrogen (secondary N) is 4. The molecule has 4 aliphatic rings. The molecule has 0 heterocycles. The van der Waals surface area contributed by atoms with E-state index in [0.29, 0.717) is 34.8 Å². The molecule has 0 aromatic heterocycles. The third kappa shape index (κ3) is 11.9. The Morgan fingerprint density at radius 1 is 0.500 bits per heavy atom. The zero-order valence-corrected chi connectivity index (χ0v) is 34.5. The summed E-state index contributed by atoms with van der Waals surface area (Å²) in [6.07, 6.45) is 8.09. The van der Waals surface area contributed by atoms with E-state index in [0.717, 1.165) is 35.8 Å². The second-order valence-corrected chi connectivity index (χ2v) is 15.4. The first-order chi connectivity index (χ1) is 28.1. The number of carbonyl (C=O) groups excluding carboxylic acids is 4. The van der Waals surface area contributed by atoms with Gasteiger partial charge in [-0.3, -0.25) is 0 Å².